The second-order valence-electron chi connectivity index (χ2n) is 8.36. The molecule has 1 spiro atoms. The lowest BCUT2D eigenvalue weighted by Crippen LogP contribution is -2.43. The van der Waals surface area contributed by atoms with E-state index >= 15 is 0 Å². The van der Waals surface area contributed by atoms with Gasteiger partial charge in [-0.1, -0.05) is 49.3 Å². The van der Waals surface area contributed by atoms with Crippen molar-refractivity contribution in [1.29, 1.82) is 0 Å². The minimum atomic E-state index is -0.188. The zero-order chi connectivity index (χ0) is 17.0. The fourth-order valence-electron chi connectivity index (χ4n) is 5.63. The first-order chi connectivity index (χ1) is 12.2. The zero-order valence-electron chi connectivity index (χ0n) is 15.1. The fraction of sp³-hybridized carbons (Fsp3) is 0.458. The SMILES string of the molecule is CCCCc1ccc2cc3c(cc2c1)CCC(=O)C31CC2=CCC1C2. The number of unbranched alkanes of at least 4 members (excludes halogenated alkanes) is 1. The number of ketones is 1. The maximum atomic E-state index is 13.1. The van der Waals surface area contributed by atoms with Crippen LogP contribution in [0, 0.1) is 5.92 Å². The minimum absolute atomic E-state index is 0.188. The Bertz CT molecular complexity index is 904. The molecule has 1 heteroatoms. The van der Waals surface area contributed by atoms with E-state index in [-0.39, 0.29) is 5.41 Å². The van der Waals surface area contributed by atoms with Gasteiger partial charge in [0.15, 0.2) is 0 Å². The van der Waals surface area contributed by atoms with Crippen LogP contribution in [-0.4, -0.2) is 5.78 Å². The smallest absolute Gasteiger partial charge is 0.144 e. The molecule has 2 unspecified atom stereocenters. The summed E-state index contributed by atoms with van der Waals surface area (Å²) >= 11 is 0. The van der Waals surface area contributed by atoms with E-state index in [0.717, 1.165) is 32.1 Å². The number of aryl methyl sites for hydroxylation is 2. The predicted molar refractivity (Wildman–Crippen MR) is 103 cm³/mol. The van der Waals surface area contributed by atoms with Crippen LogP contribution < -0.4 is 0 Å². The Labute approximate surface area is 150 Å². The minimum Gasteiger partial charge on any atom is -0.299 e. The average molecular weight is 330 g/mol. The molecule has 2 aromatic carbocycles. The normalized spacial score (nSPS) is 27.2. The van der Waals surface area contributed by atoms with E-state index in [0.29, 0.717) is 11.7 Å². The van der Waals surface area contributed by atoms with Gasteiger partial charge in [-0.2, -0.15) is 0 Å². The van der Waals surface area contributed by atoms with Crippen molar-refractivity contribution in [3.8, 4) is 0 Å². The van der Waals surface area contributed by atoms with Gasteiger partial charge in [-0.3, -0.25) is 4.79 Å². The number of hydrogen-bond donors (Lipinski definition) is 0. The lowest BCUT2D eigenvalue weighted by Gasteiger charge is -2.40. The summed E-state index contributed by atoms with van der Waals surface area (Å²) in [7, 11) is 0. The number of allylic oxidation sites excluding steroid dienone is 2. The molecule has 3 aliphatic rings. The number of carbonyl (C=O) groups is 1. The van der Waals surface area contributed by atoms with Crippen LogP contribution in [0.5, 0.6) is 0 Å². The lowest BCUT2D eigenvalue weighted by atomic mass is 9.61. The molecule has 2 bridgehead atoms. The average Bonchev–Trinajstić information content (AvgIpc) is 3.24. The molecule has 0 heterocycles. The van der Waals surface area contributed by atoms with E-state index in [4.69, 9.17) is 0 Å². The van der Waals surface area contributed by atoms with Gasteiger partial charge in [0.25, 0.3) is 0 Å². The van der Waals surface area contributed by atoms with Gasteiger partial charge in [0.1, 0.15) is 5.78 Å². The molecule has 2 aromatic rings. The van der Waals surface area contributed by atoms with Gasteiger partial charge < -0.3 is 0 Å². The fourth-order valence-corrected chi connectivity index (χ4v) is 5.63. The van der Waals surface area contributed by atoms with Crippen LogP contribution in [0.3, 0.4) is 0 Å². The number of fused-ring (bicyclic) bond motifs is 6. The summed E-state index contributed by atoms with van der Waals surface area (Å²) < 4.78 is 0. The maximum absolute atomic E-state index is 13.1. The van der Waals surface area contributed by atoms with Gasteiger partial charge in [-0.15, -0.1) is 0 Å². The Morgan fingerprint density at radius 2 is 2.04 bits per heavy atom. The van der Waals surface area contributed by atoms with Crippen molar-refractivity contribution in [2.75, 3.05) is 0 Å². The Kier molecular flexibility index (Phi) is 3.42. The topological polar surface area (TPSA) is 17.1 Å². The first-order valence-corrected chi connectivity index (χ1v) is 9.98. The van der Waals surface area contributed by atoms with Crippen LogP contribution in [-0.2, 0) is 23.1 Å². The summed E-state index contributed by atoms with van der Waals surface area (Å²) in [5.74, 6) is 1.03. The Morgan fingerprint density at radius 3 is 2.80 bits per heavy atom. The van der Waals surface area contributed by atoms with Gasteiger partial charge >= 0.3 is 0 Å². The van der Waals surface area contributed by atoms with Crippen molar-refractivity contribution in [3.05, 3.63) is 58.7 Å². The third-order valence-electron chi connectivity index (χ3n) is 6.95. The molecule has 0 N–H and O–H groups in total. The van der Waals surface area contributed by atoms with E-state index in [2.05, 4.69) is 43.3 Å². The van der Waals surface area contributed by atoms with Crippen LogP contribution >= 0.6 is 0 Å². The van der Waals surface area contributed by atoms with E-state index < -0.39 is 0 Å². The summed E-state index contributed by atoms with van der Waals surface area (Å²) in [6.45, 7) is 2.25. The quantitative estimate of drug-likeness (QED) is 0.662. The maximum Gasteiger partial charge on any atom is 0.144 e. The highest BCUT2D eigenvalue weighted by Crippen LogP contribution is 2.57. The molecule has 0 amide bonds. The Morgan fingerprint density at radius 1 is 1.12 bits per heavy atom. The van der Waals surface area contributed by atoms with Crippen molar-refractivity contribution in [1.82, 2.24) is 0 Å². The van der Waals surface area contributed by atoms with Gasteiger partial charge in [-0.25, -0.2) is 0 Å². The van der Waals surface area contributed by atoms with Crippen molar-refractivity contribution < 1.29 is 4.79 Å². The molecule has 0 saturated heterocycles. The molecular formula is C24H26O. The monoisotopic (exact) mass is 330 g/mol. The Hall–Kier alpha value is -1.89. The first-order valence-electron chi connectivity index (χ1n) is 9.98. The molecule has 3 aliphatic carbocycles. The van der Waals surface area contributed by atoms with Gasteiger partial charge in [0, 0.05) is 6.42 Å². The van der Waals surface area contributed by atoms with Crippen LogP contribution in [0.25, 0.3) is 10.8 Å². The van der Waals surface area contributed by atoms with E-state index in [1.165, 1.54) is 52.3 Å². The van der Waals surface area contributed by atoms with E-state index in [1.807, 2.05) is 0 Å². The number of rotatable bonds is 3. The standard InChI is InChI=1S/C24H26O/c1-2-3-4-16-5-7-18-14-22-19(13-20(18)11-16)8-10-23(25)24(22)15-17-6-9-21(24)12-17/h5-7,11,13-14,21H,2-4,8-10,12,15H2,1H3. The van der Waals surface area contributed by atoms with Crippen LogP contribution in [0.4, 0.5) is 0 Å². The molecule has 0 aromatic heterocycles. The van der Waals surface area contributed by atoms with E-state index in [9.17, 15) is 4.79 Å². The van der Waals surface area contributed by atoms with Crippen molar-refractivity contribution in [2.45, 2.75) is 63.7 Å². The summed E-state index contributed by atoms with van der Waals surface area (Å²) in [6, 6.07) is 11.7. The predicted octanol–water partition coefficient (Wildman–Crippen LogP) is 5.68. The summed E-state index contributed by atoms with van der Waals surface area (Å²) in [5.41, 5.74) is 5.59. The second kappa shape index (κ2) is 5.56. The summed E-state index contributed by atoms with van der Waals surface area (Å²) in [6.07, 6.45) is 11.0. The lowest BCUT2D eigenvalue weighted by molar-refractivity contribution is -0.126. The number of hydrogen-bond acceptors (Lipinski definition) is 1. The molecule has 0 radical (unpaired) electrons. The van der Waals surface area contributed by atoms with Gasteiger partial charge in [-0.05, 0) is 78.0 Å². The van der Waals surface area contributed by atoms with Crippen LogP contribution in [0.2, 0.25) is 0 Å². The van der Waals surface area contributed by atoms with Crippen molar-refractivity contribution in [2.24, 2.45) is 5.92 Å². The second-order valence-corrected chi connectivity index (χ2v) is 8.36. The highest BCUT2D eigenvalue weighted by Gasteiger charge is 2.54. The number of carbonyl (C=O) groups excluding carboxylic acids is 1. The number of benzene rings is 2. The third-order valence-corrected chi connectivity index (χ3v) is 6.95. The molecule has 1 fully saturated rings. The highest BCUT2D eigenvalue weighted by atomic mass is 16.1. The molecule has 5 rings (SSSR count). The summed E-state index contributed by atoms with van der Waals surface area (Å²) in [5, 5.41) is 2.67. The van der Waals surface area contributed by atoms with Gasteiger partial charge in [0.05, 0.1) is 5.41 Å². The molecule has 0 aliphatic heterocycles. The summed E-state index contributed by atoms with van der Waals surface area (Å²) in [4.78, 5) is 13.1. The van der Waals surface area contributed by atoms with Crippen molar-refractivity contribution in [3.63, 3.8) is 0 Å². The molecule has 25 heavy (non-hydrogen) atoms. The van der Waals surface area contributed by atoms with Crippen LogP contribution in [0.15, 0.2) is 42.0 Å². The molecule has 2 atom stereocenters. The third kappa shape index (κ3) is 2.18. The Balaban J connectivity index is 1.64. The van der Waals surface area contributed by atoms with E-state index in [1.54, 1.807) is 0 Å². The molecular weight excluding hydrogens is 304 g/mol. The molecule has 128 valence electrons. The molecule has 1 nitrogen and oxygen atoms in total. The highest BCUT2D eigenvalue weighted by molar-refractivity contribution is 5.96. The van der Waals surface area contributed by atoms with Gasteiger partial charge in [0.2, 0.25) is 0 Å². The van der Waals surface area contributed by atoms with Crippen molar-refractivity contribution >= 4 is 16.6 Å². The van der Waals surface area contributed by atoms with Crippen LogP contribution in [0.1, 0.15) is 62.1 Å². The largest absolute Gasteiger partial charge is 0.299 e. The number of Topliss-reactive ketones (excluding diaryl/α,β-unsaturated/α-hetero) is 1. The molecule has 1 saturated carbocycles. The zero-order valence-corrected chi connectivity index (χ0v) is 15.1. The first kappa shape index (κ1) is 15.4.